The molecule has 0 bridgehead atoms. The summed E-state index contributed by atoms with van der Waals surface area (Å²) < 4.78 is 0. The van der Waals surface area contributed by atoms with E-state index in [0.717, 1.165) is 0 Å². The van der Waals surface area contributed by atoms with Crippen molar-refractivity contribution in [3.63, 3.8) is 0 Å². The zero-order valence-corrected chi connectivity index (χ0v) is 8.95. The Morgan fingerprint density at radius 2 is 1.27 bits per heavy atom. The van der Waals surface area contributed by atoms with E-state index in [4.69, 9.17) is 0 Å². The Kier molecular flexibility index (Phi) is 2.96. The molecule has 0 unspecified atom stereocenters. The Labute approximate surface area is 76.3 Å². The van der Waals surface area contributed by atoms with Gasteiger partial charge in [0.05, 0.1) is 0 Å². The van der Waals surface area contributed by atoms with Crippen LogP contribution in [0.1, 0.15) is 11.4 Å². The van der Waals surface area contributed by atoms with Gasteiger partial charge in [-0.2, -0.15) is 0 Å². The third kappa shape index (κ3) is 1.59. The minimum atomic E-state index is 1.29. The Hall–Kier alpha value is -0.0200. The monoisotopic (exact) mass is 187 g/mol. The summed E-state index contributed by atoms with van der Waals surface area (Å²) in [5.41, 5.74) is 2.58. The summed E-state index contributed by atoms with van der Waals surface area (Å²) in [5, 5.41) is 0. The van der Waals surface area contributed by atoms with Crippen LogP contribution < -0.4 is 0 Å². The summed E-state index contributed by atoms with van der Waals surface area (Å²) >= 11 is 3.63. The van der Waals surface area contributed by atoms with Gasteiger partial charge >= 0.3 is 0 Å². The van der Waals surface area contributed by atoms with Crippen molar-refractivity contribution in [3.8, 4) is 0 Å². The van der Waals surface area contributed by atoms with Crippen LogP contribution in [0.2, 0.25) is 0 Å². The van der Waals surface area contributed by atoms with E-state index in [-0.39, 0.29) is 0 Å². The van der Waals surface area contributed by atoms with Crippen molar-refractivity contribution < 1.29 is 0 Å². The Bertz CT molecular complexity index is 228. The van der Waals surface area contributed by atoms with E-state index >= 15 is 0 Å². The minimum absolute atomic E-state index is 1.29. The summed E-state index contributed by atoms with van der Waals surface area (Å²) in [6.45, 7) is 4.25. The zero-order chi connectivity index (χ0) is 8.43. The van der Waals surface area contributed by atoms with Crippen molar-refractivity contribution >= 4 is 23.5 Å². The van der Waals surface area contributed by atoms with Gasteiger partial charge in [-0.25, -0.2) is 0 Å². The predicted octanol–water partition coefficient (Wildman–Crippen LogP) is 3.08. The molecular formula is C8H13NS2. The van der Waals surface area contributed by atoms with Gasteiger partial charge in [0.15, 0.2) is 0 Å². The number of thioether (sulfide) groups is 2. The molecule has 0 aliphatic heterocycles. The van der Waals surface area contributed by atoms with Gasteiger partial charge < -0.3 is 4.98 Å². The van der Waals surface area contributed by atoms with Crippen molar-refractivity contribution in [1.82, 2.24) is 4.98 Å². The van der Waals surface area contributed by atoms with Crippen LogP contribution in [0.5, 0.6) is 0 Å². The van der Waals surface area contributed by atoms with E-state index in [1.54, 1.807) is 0 Å². The lowest BCUT2D eigenvalue weighted by atomic mass is 10.4. The lowest BCUT2D eigenvalue weighted by Crippen LogP contribution is -1.72. The number of rotatable bonds is 2. The Balaban J connectivity index is 3.17. The second-order valence-electron chi connectivity index (χ2n) is 2.44. The molecular weight excluding hydrogens is 174 g/mol. The van der Waals surface area contributed by atoms with Crippen molar-refractivity contribution in [2.75, 3.05) is 12.5 Å². The largest absolute Gasteiger partial charge is 0.361 e. The molecule has 1 N–H and O–H groups in total. The molecule has 0 aliphatic carbocycles. The number of aromatic amines is 1. The highest BCUT2D eigenvalue weighted by Crippen LogP contribution is 2.33. The van der Waals surface area contributed by atoms with Crippen LogP contribution in [-0.4, -0.2) is 17.5 Å². The molecule has 0 atom stereocenters. The van der Waals surface area contributed by atoms with Crippen LogP contribution in [0.15, 0.2) is 9.79 Å². The minimum Gasteiger partial charge on any atom is -0.361 e. The molecule has 0 saturated carbocycles. The smallest absolute Gasteiger partial charge is 0.0413 e. The molecule has 1 nitrogen and oxygen atoms in total. The molecule has 3 heteroatoms. The molecule has 11 heavy (non-hydrogen) atoms. The first kappa shape index (κ1) is 9.07. The van der Waals surface area contributed by atoms with Gasteiger partial charge in [0.25, 0.3) is 0 Å². The fraction of sp³-hybridized carbons (Fsp3) is 0.500. The zero-order valence-electron chi connectivity index (χ0n) is 7.32. The molecule has 1 heterocycles. The van der Waals surface area contributed by atoms with Gasteiger partial charge in [0.1, 0.15) is 0 Å². The SMILES string of the molecule is CSc1c(C)[nH]c(C)c1SC. The predicted molar refractivity (Wildman–Crippen MR) is 53.8 cm³/mol. The third-order valence-corrected chi connectivity index (χ3v) is 3.64. The van der Waals surface area contributed by atoms with E-state index in [0.29, 0.717) is 0 Å². The summed E-state index contributed by atoms with van der Waals surface area (Å²) in [6, 6.07) is 0. The summed E-state index contributed by atoms with van der Waals surface area (Å²) in [4.78, 5) is 6.13. The summed E-state index contributed by atoms with van der Waals surface area (Å²) in [5.74, 6) is 0. The number of nitrogens with one attached hydrogen (secondary N) is 1. The van der Waals surface area contributed by atoms with Crippen molar-refractivity contribution in [1.29, 1.82) is 0 Å². The van der Waals surface area contributed by atoms with Gasteiger partial charge in [-0.1, -0.05) is 0 Å². The summed E-state index contributed by atoms with van der Waals surface area (Å²) in [6.07, 6.45) is 4.24. The van der Waals surface area contributed by atoms with Crippen LogP contribution in [0, 0.1) is 13.8 Å². The molecule has 1 rings (SSSR count). The van der Waals surface area contributed by atoms with Crippen LogP contribution in [0.25, 0.3) is 0 Å². The molecule has 0 saturated heterocycles. The van der Waals surface area contributed by atoms with Crippen molar-refractivity contribution in [3.05, 3.63) is 11.4 Å². The number of hydrogen-bond donors (Lipinski definition) is 1. The first-order valence-corrected chi connectivity index (χ1v) is 5.92. The molecule has 1 aromatic rings. The van der Waals surface area contributed by atoms with Crippen LogP contribution in [0.4, 0.5) is 0 Å². The fourth-order valence-corrected chi connectivity index (χ4v) is 3.12. The van der Waals surface area contributed by atoms with Crippen LogP contribution >= 0.6 is 23.5 Å². The maximum Gasteiger partial charge on any atom is 0.0413 e. The van der Waals surface area contributed by atoms with Gasteiger partial charge in [0.2, 0.25) is 0 Å². The van der Waals surface area contributed by atoms with Gasteiger partial charge in [-0.3, -0.25) is 0 Å². The number of hydrogen-bond acceptors (Lipinski definition) is 2. The Morgan fingerprint density at radius 1 is 0.909 bits per heavy atom. The molecule has 62 valence electrons. The topological polar surface area (TPSA) is 15.8 Å². The van der Waals surface area contributed by atoms with E-state index in [1.807, 2.05) is 23.5 Å². The summed E-state index contributed by atoms with van der Waals surface area (Å²) in [7, 11) is 0. The standard InChI is InChI=1S/C8H13NS2/c1-5-7(10-3)8(11-4)6(2)9-5/h9H,1-4H3. The fourth-order valence-electron chi connectivity index (χ4n) is 1.23. The number of H-pyrrole nitrogens is 1. The maximum absolute atomic E-state index is 3.34. The molecule has 0 aliphatic rings. The van der Waals surface area contributed by atoms with Gasteiger partial charge in [-0.15, -0.1) is 23.5 Å². The molecule has 0 amide bonds. The van der Waals surface area contributed by atoms with E-state index in [9.17, 15) is 0 Å². The third-order valence-electron chi connectivity index (χ3n) is 1.67. The van der Waals surface area contributed by atoms with E-state index in [1.165, 1.54) is 21.2 Å². The highest BCUT2D eigenvalue weighted by atomic mass is 32.2. The average molecular weight is 187 g/mol. The molecule has 0 radical (unpaired) electrons. The first-order valence-electron chi connectivity index (χ1n) is 3.47. The van der Waals surface area contributed by atoms with Crippen molar-refractivity contribution in [2.45, 2.75) is 23.6 Å². The van der Waals surface area contributed by atoms with Crippen LogP contribution in [0.3, 0.4) is 0 Å². The number of aromatic nitrogens is 1. The molecule has 1 aromatic heterocycles. The maximum atomic E-state index is 3.34. The highest BCUT2D eigenvalue weighted by Gasteiger charge is 2.09. The molecule has 0 spiro atoms. The highest BCUT2D eigenvalue weighted by molar-refractivity contribution is 8.01. The normalized spacial score (nSPS) is 10.5. The van der Waals surface area contributed by atoms with Crippen LogP contribution in [-0.2, 0) is 0 Å². The van der Waals surface area contributed by atoms with Crippen molar-refractivity contribution in [2.24, 2.45) is 0 Å². The van der Waals surface area contributed by atoms with Gasteiger partial charge in [0, 0.05) is 21.2 Å². The second-order valence-corrected chi connectivity index (χ2v) is 4.07. The molecule has 0 aromatic carbocycles. The Morgan fingerprint density at radius 3 is 1.55 bits per heavy atom. The van der Waals surface area contributed by atoms with E-state index < -0.39 is 0 Å². The first-order chi connectivity index (χ1) is 5.20. The van der Waals surface area contributed by atoms with Gasteiger partial charge in [-0.05, 0) is 26.4 Å². The van der Waals surface area contributed by atoms with E-state index in [2.05, 4.69) is 31.3 Å². The lowest BCUT2D eigenvalue weighted by molar-refractivity contribution is 1.16. The second kappa shape index (κ2) is 3.59. The quantitative estimate of drug-likeness (QED) is 0.716. The lowest BCUT2D eigenvalue weighted by Gasteiger charge is -1.97. The number of aryl methyl sites for hydroxylation is 2. The average Bonchev–Trinajstić information content (AvgIpc) is 2.24. The molecule has 0 fully saturated rings.